The molecule has 0 aliphatic rings. The zero-order valence-electron chi connectivity index (χ0n) is 10.9. The predicted molar refractivity (Wildman–Crippen MR) is 73.8 cm³/mol. The van der Waals surface area contributed by atoms with Gasteiger partial charge in [-0.2, -0.15) is 4.98 Å². The van der Waals surface area contributed by atoms with Crippen molar-refractivity contribution in [3.8, 4) is 11.5 Å². The van der Waals surface area contributed by atoms with Crippen LogP contribution in [0.3, 0.4) is 0 Å². The van der Waals surface area contributed by atoms with Crippen LogP contribution in [0.4, 0.5) is 4.39 Å². The number of nitrogens with zero attached hydrogens (tertiary/aromatic N) is 2. The molecule has 0 saturated heterocycles. The highest BCUT2D eigenvalue weighted by atomic mass is 79.9. The number of aromatic nitrogens is 2. The Bertz CT molecular complexity index is 592. The van der Waals surface area contributed by atoms with E-state index in [0.29, 0.717) is 15.9 Å². The Morgan fingerprint density at radius 1 is 1.37 bits per heavy atom. The Morgan fingerprint density at radius 2 is 2.05 bits per heavy atom. The van der Waals surface area contributed by atoms with E-state index in [2.05, 4.69) is 26.1 Å². The predicted octanol–water partition coefficient (Wildman–Crippen LogP) is 3.68. The fourth-order valence-corrected chi connectivity index (χ4v) is 1.94. The van der Waals surface area contributed by atoms with Crippen LogP contribution in [0.25, 0.3) is 11.5 Å². The molecule has 0 saturated carbocycles. The number of hydrogen-bond acceptors (Lipinski definition) is 4. The Morgan fingerprint density at radius 3 is 2.68 bits per heavy atom. The molecule has 2 N–H and O–H groups in total. The zero-order chi connectivity index (χ0) is 14.2. The standard InChI is InChI=1S/C13H15BrFN3O/c1-13(2,3)10(16)11-17-12(19-18-11)8-6-7(15)4-5-9(8)14/h4-6,10H,16H2,1-3H3. The van der Waals surface area contributed by atoms with E-state index >= 15 is 0 Å². The molecule has 0 spiro atoms. The van der Waals surface area contributed by atoms with Crippen LogP contribution in [0.5, 0.6) is 0 Å². The SMILES string of the molecule is CC(C)(C)C(N)c1noc(-c2cc(F)ccc2Br)n1. The van der Waals surface area contributed by atoms with Gasteiger partial charge in [0.15, 0.2) is 5.82 Å². The Hall–Kier alpha value is -1.27. The summed E-state index contributed by atoms with van der Waals surface area (Å²) in [7, 11) is 0. The molecule has 0 amide bonds. The number of hydrogen-bond donors (Lipinski definition) is 1. The molecule has 1 unspecified atom stereocenters. The molecule has 1 aromatic carbocycles. The smallest absolute Gasteiger partial charge is 0.259 e. The molecule has 0 radical (unpaired) electrons. The summed E-state index contributed by atoms with van der Waals surface area (Å²) in [5.74, 6) is 0.304. The minimum absolute atomic E-state index is 0.180. The van der Waals surface area contributed by atoms with Gasteiger partial charge in [-0.1, -0.05) is 25.9 Å². The van der Waals surface area contributed by atoms with E-state index in [0.717, 1.165) is 0 Å². The molecule has 1 aromatic heterocycles. The normalized spacial score (nSPS) is 13.6. The first-order valence-electron chi connectivity index (χ1n) is 5.83. The van der Waals surface area contributed by atoms with Gasteiger partial charge in [-0.3, -0.25) is 0 Å². The van der Waals surface area contributed by atoms with Crippen LogP contribution in [0.1, 0.15) is 32.6 Å². The molecule has 19 heavy (non-hydrogen) atoms. The highest BCUT2D eigenvalue weighted by Crippen LogP contribution is 2.32. The molecule has 102 valence electrons. The van der Waals surface area contributed by atoms with Crippen LogP contribution in [0.2, 0.25) is 0 Å². The molecule has 6 heteroatoms. The first-order valence-corrected chi connectivity index (χ1v) is 6.63. The van der Waals surface area contributed by atoms with Gasteiger partial charge in [-0.05, 0) is 39.5 Å². The van der Waals surface area contributed by atoms with Crippen molar-refractivity contribution in [2.75, 3.05) is 0 Å². The van der Waals surface area contributed by atoms with Crippen molar-refractivity contribution in [3.63, 3.8) is 0 Å². The largest absolute Gasteiger partial charge is 0.334 e. The van der Waals surface area contributed by atoms with Crippen molar-refractivity contribution < 1.29 is 8.91 Å². The second kappa shape index (κ2) is 5.02. The van der Waals surface area contributed by atoms with Gasteiger partial charge in [0.25, 0.3) is 5.89 Å². The van der Waals surface area contributed by atoms with E-state index in [1.165, 1.54) is 12.1 Å². The average Bonchev–Trinajstić information content (AvgIpc) is 2.79. The minimum atomic E-state index is -0.363. The topological polar surface area (TPSA) is 64.9 Å². The third kappa shape index (κ3) is 3.01. The maximum Gasteiger partial charge on any atom is 0.259 e. The van der Waals surface area contributed by atoms with Gasteiger partial charge in [0.05, 0.1) is 11.6 Å². The summed E-state index contributed by atoms with van der Waals surface area (Å²) in [6.07, 6.45) is 0. The Kier molecular flexibility index (Phi) is 3.73. The van der Waals surface area contributed by atoms with Crippen LogP contribution in [0.15, 0.2) is 27.2 Å². The van der Waals surface area contributed by atoms with Crippen LogP contribution < -0.4 is 5.73 Å². The van der Waals surface area contributed by atoms with Crippen molar-refractivity contribution in [1.29, 1.82) is 0 Å². The summed E-state index contributed by atoms with van der Waals surface area (Å²) in [5, 5.41) is 3.88. The lowest BCUT2D eigenvalue weighted by molar-refractivity contribution is 0.303. The highest BCUT2D eigenvalue weighted by Gasteiger charge is 2.27. The van der Waals surface area contributed by atoms with E-state index in [1.54, 1.807) is 6.07 Å². The number of benzene rings is 1. The van der Waals surface area contributed by atoms with Gasteiger partial charge >= 0.3 is 0 Å². The van der Waals surface area contributed by atoms with Gasteiger partial charge in [-0.25, -0.2) is 4.39 Å². The van der Waals surface area contributed by atoms with E-state index in [1.807, 2.05) is 20.8 Å². The van der Waals surface area contributed by atoms with E-state index in [-0.39, 0.29) is 23.2 Å². The third-order valence-electron chi connectivity index (χ3n) is 2.81. The molecule has 0 aliphatic heterocycles. The van der Waals surface area contributed by atoms with Gasteiger partial charge in [0.1, 0.15) is 5.82 Å². The molecule has 2 rings (SSSR count). The molecule has 0 bridgehead atoms. The summed E-state index contributed by atoms with van der Waals surface area (Å²) in [4.78, 5) is 4.25. The van der Waals surface area contributed by atoms with Crippen molar-refractivity contribution in [3.05, 3.63) is 34.3 Å². The Balaban J connectivity index is 2.39. The summed E-state index contributed by atoms with van der Waals surface area (Å²) in [6, 6.07) is 3.94. The first-order chi connectivity index (χ1) is 8.79. The number of nitrogens with two attached hydrogens (primary N) is 1. The van der Waals surface area contributed by atoms with Gasteiger partial charge < -0.3 is 10.3 Å². The van der Waals surface area contributed by atoms with Crippen LogP contribution >= 0.6 is 15.9 Å². The maximum absolute atomic E-state index is 13.3. The molecule has 2 aromatic rings. The second-order valence-corrected chi connectivity index (χ2v) is 6.28. The van der Waals surface area contributed by atoms with E-state index < -0.39 is 0 Å². The number of halogens is 2. The lowest BCUT2D eigenvalue weighted by Gasteiger charge is -2.23. The monoisotopic (exact) mass is 327 g/mol. The molecule has 4 nitrogen and oxygen atoms in total. The van der Waals surface area contributed by atoms with Crippen molar-refractivity contribution in [2.24, 2.45) is 11.1 Å². The quantitative estimate of drug-likeness (QED) is 0.913. The maximum atomic E-state index is 13.3. The second-order valence-electron chi connectivity index (χ2n) is 5.43. The minimum Gasteiger partial charge on any atom is -0.334 e. The van der Waals surface area contributed by atoms with Crippen molar-refractivity contribution in [2.45, 2.75) is 26.8 Å². The van der Waals surface area contributed by atoms with Gasteiger partial charge in [-0.15, -0.1) is 0 Å². The Labute approximate surface area is 119 Å². The van der Waals surface area contributed by atoms with Crippen LogP contribution in [0, 0.1) is 11.2 Å². The first kappa shape index (κ1) is 14.1. The van der Waals surface area contributed by atoms with Crippen molar-refractivity contribution >= 4 is 15.9 Å². The van der Waals surface area contributed by atoms with Crippen molar-refractivity contribution in [1.82, 2.24) is 10.1 Å². The fourth-order valence-electron chi connectivity index (χ4n) is 1.52. The average molecular weight is 328 g/mol. The van der Waals surface area contributed by atoms with Gasteiger partial charge in [0, 0.05) is 4.47 Å². The van der Waals surface area contributed by atoms with E-state index in [4.69, 9.17) is 10.3 Å². The molecule has 0 fully saturated rings. The van der Waals surface area contributed by atoms with Gasteiger partial charge in [0.2, 0.25) is 0 Å². The summed E-state index contributed by atoms with van der Waals surface area (Å²) >= 11 is 3.33. The summed E-state index contributed by atoms with van der Waals surface area (Å²) < 4.78 is 19.1. The lowest BCUT2D eigenvalue weighted by Crippen LogP contribution is -2.27. The molecular weight excluding hydrogens is 313 g/mol. The molecular formula is C13H15BrFN3O. The molecule has 1 atom stereocenters. The highest BCUT2D eigenvalue weighted by molar-refractivity contribution is 9.10. The molecule has 1 heterocycles. The van der Waals surface area contributed by atoms with Crippen LogP contribution in [-0.4, -0.2) is 10.1 Å². The lowest BCUT2D eigenvalue weighted by atomic mass is 9.87. The zero-order valence-corrected chi connectivity index (χ0v) is 12.5. The fraction of sp³-hybridized carbons (Fsp3) is 0.385. The van der Waals surface area contributed by atoms with Crippen LogP contribution in [-0.2, 0) is 0 Å². The summed E-state index contributed by atoms with van der Waals surface area (Å²) in [5.41, 5.74) is 6.39. The molecule has 0 aliphatic carbocycles. The summed E-state index contributed by atoms with van der Waals surface area (Å²) in [6.45, 7) is 5.98. The number of rotatable bonds is 2. The van der Waals surface area contributed by atoms with E-state index in [9.17, 15) is 4.39 Å². The third-order valence-corrected chi connectivity index (χ3v) is 3.50.